The highest BCUT2D eigenvalue weighted by atomic mass is 16.4. The normalized spacial score (nSPS) is 14.4. The third-order valence-electron chi connectivity index (χ3n) is 4.29. The highest BCUT2D eigenvalue weighted by molar-refractivity contribution is 5.95. The van der Waals surface area contributed by atoms with Gasteiger partial charge in [-0.15, -0.1) is 0 Å². The van der Waals surface area contributed by atoms with Crippen LogP contribution in [0.2, 0.25) is 0 Å². The summed E-state index contributed by atoms with van der Waals surface area (Å²) in [5.74, 6) is -5.65. The maximum atomic E-state index is 12.6. The number of guanidine groups is 1. The Balaban J connectivity index is 5.19. The van der Waals surface area contributed by atoms with E-state index in [1.54, 1.807) is 13.8 Å². The number of aliphatic imine (C=N–C) groups is 1. The minimum atomic E-state index is -1.50. The lowest BCUT2D eigenvalue weighted by atomic mass is 10.0. The van der Waals surface area contributed by atoms with Crippen molar-refractivity contribution in [3.05, 3.63) is 0 Å². The summed E-state index contributed by atoms with van der Waals surface area (Å²) in [6.07, 6.45) is -0.204. The molecule has 0 spiro atoms. The number of amides is 3. The van der Waals surface area contributed by atoms with E-state index in [-0.39, 0.29) is 18.9 Å². The molecule has 11 N–H and O–H groups in total. The molecule has 0 aliphatic carbocycles. The van der Waals surface area contributed by atoms with Gasteiger partial charge in [-0.25, -0.2) is 0 Å². The van der Waals surface area contributed by atoms with Gasteiger partial charge in [-0.2, -0.15) is 0 Å². The summed E-state index contributed by atoms with van der Waals surface area (Å²) in [4.78, 5) is 63.2. The van der Waals surface area contributed by atoms with Crippen molar-refractivity contribution in [1.29, 1.82) is 0 Å². The number of nitrogens with one attached hydrogen (secondary N) is 3. The van der Waals surface area contributed by atoms with E-state index in [1.807, 2.05) is 0 Å². The van der Waals surface area contributed by atoms with Gasteiger partial charge in [0.05, 0.1) is 12.5 Å². The summed E-state index contributed by atoms with van der Waals surface area (Å²) in [5, 5.41) is 24.9. The summed E-state index contributed by atoms with van der Waals surface area (Å²) in [6, 6.07) is -4.92. The fourth-order valence-corrected chi connectivity index (χ4v) is 2.47. The third kappa shape index (κ3) is 11.1. The first kappa shape index (κ1) is 28.6. The van der Waals surface area contributed by atoms with E-state index in [2.05, 4.69) is 20.9 Å². The Bertz CT molecular complexity index is 722. The largest absolute Gasteiger partial charge is 0.481 e. The van der Waals surface area contributed by atoms with Gasteiger partial charge in [-0.1, -0.05) is 13.8 Å². The second-order valence-electron chi connectivity index (χ2n) is 7.51. The molecule has 3 amide bonds. The summed E-state index contributed by atoms with van der Waals surface area (Å²) in [7, 11) is 0. The summed E-state index contributed by atoms with van der Waals surface area (Å²) >= 11 is 0. The topological polar surface area (TPSA) is 252 Å². The number of rotatable bonds is 14. The van der Waals surface area contributed by atoms with E-state index >= 15 is 0 Å². The van der Waals surface area contributed by atoms with Crippen molar-refractivity contribution in [3.8, 4) is 0 Å². The first-order valence-electron chi connectivity index (χ1n) is 9.92. The molecule has 0 saturated carbocycles. The molecule has 0 bridgehead atoms. The predicted octanol–water partition coefficient (Wildman–Crippen LogP) is -2.94. The lowest BCUT2D eigenvalue weighted by Crippen LogP contribution is -2.58. The maximum Gasteiger partial charge on any atom is 0.325 e. The molecule has 14 heteroatoms. The van der Waals surface area contributed by atoms with E-state index in [0.717, 1.165) is 0 Å². The van der Waals surface area contributed by atoms with Gasteiger partial charge in [0, 0.05) is 6.54 Å². The zero-order valence-electron chi connectivity index (χ0n) is 18.3. The van der Waals surface area contributed by atoms with Crippen LogP contribution in [0.3, 0.4) is 0 Å². The monoisotopic (exact) mass is 459 g/mol. The Morgan fingerprint density at radius 3 is 1.97 bits per heavy atom. The molecule has 4 unspecified atom stereocenters. The molecule has 0 aromatic rings. The lowest BCUT2D eigenvalue weighted by Gasteiger charge is -2.26. The van der Waals surface area contributed by atoms with Crippen LogP contribution in [0.15, 0.2) is 4.99 Å². The Morgan fingerprint density at radius 1 is 0.906 bits per heavy atom. The lowest BCUT2D eigenvalue weighted by molar-refractivity contribution is -0.143. The molecule has 0 rings (SSSR count). The number of hydrogen-bond acceptors (Lipinski definition) is 7. The number of carboxylic acids is 2. The molecule has 182 valence electrons. The molecule has 0 saturated heterocycles. The van der Waals surface area contributed by atoms with Crippen LogP contribution < -0.4 is 33.2 Å². The average molecular weight is 460 g/mol. The molecule has 0 aliphatic heterocycles. The van der Waals surface area contributed by atoms with Crippen molar-refractivity contribution in [1.82, 2.24) is 16.0 Å². The van der Waals surface area contributed by atoms with Crippen molar-refractivity contribution in [2.75, 3.05) is 6.54 Å². The summed E-state index contributed by atoms with van der Waals surface area (Å²) in [6.45, 7) is 4.70. The third-order valence-corrected chi connectivity index (χ3v) is 4.29. The summed E-state index contributed by atoms with van der Waals surface area (Å²) < 4.78 is 0. The molecular weight excluding hydrogens is 426 g/mol. The Labute approximate surface area is 185 Å². The van der Waals surface area contributed by atoms with E-state index in [1.165, 1.54) is 6.92 Å². The van der Waals surface area contributed by atoms with Crippen LogP contribution in [-0.2, 0) is 24.0 Å². The second-order valence-corrected chi connectivity index (χ2v) is 7.51. The van der Waals surface area contributed by atoms with Gasteiger partial charge in [-0.3, -0.25) is 29.0 Å². The fourth-order valence-electron chi connectivity index (χ4n) is 2.47. The highest BCUT2D eigenvalue weighted by Crippen LogP contribution is 2.05. The summed E-state index contributed by atoms with van der Waals surface area (Å²) in [5.41, 5.74) is 16.2. The number of nitrogens with zero attached hydrogens (tertiary/aromatic N) is 1. The van der Waals surface area contributed by atoms with E-state index in [0.29, 0.717) is 6.42 Å². The first-order valence-corrected chi connectivity index (χ1v) is 9.92. The predicted molar refractivity (Wildman–Crippen MR) is 114 cm³/mol. The van der Waals surface area contributed by atoms with Gasteiger partial charge in [0.25, 0.3) is 0 Å². The van der Waals surface area contributed by atoms with Gasteiger partial charge in [0.15, 0.2) is 5.96 Å². The van der Waals surface area contributed by atoms with E-state index < -0.39 is 66.2 Å². The minimum Gasteiger partial charge on any atom is -0.481 e. The van der Waals surface area contributed by atoms with Crippen LogP contribution >= 0.6 is 0 Å². The standard InChI is InChI=1S/C18H33N7O7/c1-8(2)13(16(30)23-9(3)17(31)32)25-15(29)11(7-12(26)27)24-14(28)10(19)5-4-6-22-18(20)21/h8-11,13H,4-7,19H2,1-3H3,(H,23,30)(H,24,28)(H,25,29)(H,26,27)(H,31,32)(H4,20,21,22). The Kier molecular flexibility index (Phi) is 12.3. The van der Waals surface area contributed by atoms with Crippen LogP contribution in [0.1, 0.15) is 40.0 Å². The Hall–Kier alpha value is -3.42. The van der Waals surface area contributed by atoms with Crippen molar-refractivity contribution in [2.45, 2.75) is 64.2 Å². The zero-order chi connectivity index (χ0) is 25.0. The van der Waals surface area contributed by atoms with E-state index in [4.69, 9.17) is 27.4 Å². The van der Waals surface area contributed by atoms with Gasteiger partial charge in [-0.05, 0) is 25.7 Å². The molecular formula is C18H33N7O7. The molecule has 0 fully saturated rings. The van der Waals surface area contributed by atoms with Crippen molar-refractivity contribution >= 4 is 35.6 Å². The molecule has 4 atom stereocenters. The van der Waals surface area contributed by atoms with Crippen LogP contribution in [0.25, 0.3) is 0 Å². The van der Waals surface area contributed by atoms with Gasteiger partial charge in [0.2, 0.25) is 17.7 Å². The molecule has 0 aromatic heterocycles. The Morgan fingerprint density at radius 2 is 1.50 bits per heavy atom. The van der Waals surface area contributed by atoms with Crippen LogP contribution in [0.5, 0.6) is 0 Å². The number of carbonyl (C=O) groups is 5. The molecule has 0 aliphatic rings. The number of nitrogens with two attached hydrogens (primary N) is 3. The number of carboxylic acid groups (broad SMARTS) is 2. The molecule has 14 nitrogen and oxygen atoms in total. The SMILES string of the molecule is CC(NC(=O)C(NC(=O)C(CC(=O)O)NC(=O)C(N)CCCN=C(N)N)C(C)C)C(=O)O. The minimum absolute atomic E-state index is 0.109. The number of hydrogen-bond donors (Lipinski definition) is 8. The highest BCUT2D eigenvalue weighted by Gasteiger charge is 2.32. The molecule has 0 heterocycles. The van der Waals surface area contributed by atoms with Crippen molar-refractivity contribution in [2.24, 2.45) is 28.1 Å². The first-order chi connectivity index (χ1) is 14.8. The van der Waals surface area contributed by atoms with E-state index in [9.17, 15) is 24.0 Å². The van der Waals surface area contributed by atoms with Gasteiger partial charge in [0.1, 0.15) is 18.1 Å². The number of aliphatic carboxylic acids is 2. The average Bonchev–Trinajstić information content (AvgIpc) is 2.67. The molecule has 0 aromatic carbocycles. The van der Waals surface area contributed by atoms with Crippen molar-refractivity contribution < 1.29 is 34.2 Å². The number of carbonyl (C=O) groups excluding carboxylic acids is 3. The van der Waals surface area contributed by atoms with Crippen LogP contribution in [0, 0.1) is 5.92 Å². The maximum absolute atomic E-state index is 12.6. The van der Waals surface area contributed by atoms with Crippen LogP contribution in [0.4, 0.5) is 0 Å². The quantitative estimate of drug-likeness (QED) is 0.0744. The zero-order valence-corrected chi connectivity index (χ0v) is 18.3. The smallest absolute Gasteiger partial charge is 0.325 e. The van der Waals surface area contributed by atoms with Crippen molar-refractivity contribution in [3.63, 3.8) is 0 Å². The fraction of sp³-hybridized carbons (Fsp3) is 0.667. The van der Waals surface area contributed by atoms with Gasteiger partial charge < -0.3 is 43.4 Å². The molecule has 0 radical (unpaired) electrons. The van der Waals surface area contributed by atoms with Crippen LogP contribution in [-0.4, -0.2) is 76.5 Å². The van der Waals surface area contributed by atoms with Gasteiger partial charge >= 0.3 is 11.9 Å². The molecule has 32 heavy (non-hydrogen) atoms. The second kappa shape index (κ2) is 13.8.